The highest BCUT2D eigenvalue weighted by Gasteiger charge is 2.25. The van der Waals surface area contributed by atoms with Crippen LogP contribution in [0.2, 0.25) is 0 Å². The summed E-state index contributed by atoms with van der Waals surface area (Å²) in [6.07, 6.45) is 0.674. The Labute approximate surface area is 189 Å². The molecular weight excluding hydrogens is 406 g/mol. The van der Waals surface area contributed by atoms with Gasteiger partial charge in [-0.15, -0.1) is 0 Å². The van der Waals surface area contributed by atoms with Crippen LogP contribution < -0.4 is 15.0 Å². The minimum absolute atomic E-state index is 0.0690. The predicted octanol–water partition coefficient (Wildman–Crippen LogP) is 3.44. The van der Waals surface area contributed by atoms with E-state index in [2.05, 4.69) is 24.1 Å². The average molecular weight is 438 g/mol. The van der Waals surface area contributed by atoms with Crippen molar-refractivity contribution in [3.05, 3.63) is 54.1 Å². The van der Waals surface area contributed by atoms with Gasteiger partial charge in [0.15, 0.2) is 0 Å². The molecule has 0 radical (unpaired) electrons. The van der Waals surface area contributed by atoms with E-state index in [1.54, 1.807) is 4.90 Å². The Hall–Kier alpha value is -2.90. The molecule has 0 saturated carbocycles. The highest BCUT2D eigenvalue weighted by Crippen LogP contribution is 2.31. The Kier molecular flexibility index (Phi) is 7.07. The molecule has 2 aromatic carbocycles. The zero-order valence-corrected chi connectivity index (χ0v) is 18.8. The maximum absolute atomic E-state index is 12.8. The van der Waals surface area contributed by atoms with E-state index < -0.39 is 0 Å². The summed E-state index contributed by atoms with van der Waals surface area (Å²) in [5.74, 6) is 0.480. The largest absolute Gasteiger partial charge is 0.490 e. The average Bonchev–Trinajstić information content (AvgIpc) is 2.78. The van der Waals surface area contributed by atoms with Gasteiger partial charge in [0.05, 0.1) is 24.4 Å². The van der Waals surface area contributed by atoms with Crippen LogP contribution in [0.15, 0.2) is 48.5 Å². The second kappa shape index (κ2) is 10.1. The fraction of sp³-hybridized carbons (Fsp3) is 0.440. The lowest BCUT2D eigenvalue weighted by atomic mass is 10.1. The Morgan fingerprint density at radius 1 is 1.00 bits per heavy atom. The van der Waals surface area contributed by atoms with Gasteiger partial charge in [-0.25, -0.2) is 0 Å². The normalized spacial score (nSPS) is 20.9. The summed E-state index contributed by atoms with van der Waals surface area (Å²) in [6, 6.07) is 15.3. The summed E-state index contributed by atoms with van der Waals surface area (Å²) < 4.78 is 11.4. The quantitative estimate of drug-likeness (QED) is 0.750. The highest BCUT2D eigenvalue weighted by atomic mass is 16.5. The number of benzene rings is 2. The van der Waals surface area contributed by atoms with Crippen LogP contribution in [0.1, 0.15) is 32.3 Å². The standard InChI is InChI=1S/C25H31N3O4/c1-18-15-27(16-19(2)32-18)17-20-7-3-4-8-21(20)26-24(29)11-12-25(30)28-13-14-31-23-10-6-5-9-22(23)28/h3-10,18-19H,11-17H2,1-2H3,(H,26,29). The van der Waals surface area contributed by atoms with Gasteiger partial charge in [-0.05, 0) is 37.6 Å². The Bertz CT molecular complexity index is 954. The molecule has 1 fully saturated rings. The van der Waals surface area contributed by atoms with Gasteiger partial charge in [-0.2, -0.15) is 0 Å². The second-order valence-corrected chi connectivity index (χ2v) is 8.52. The van der Waals surface area contributed by atoms with Crippen LogP contribution in [0.5, 0.6) is 5.75 Å². The predicted molar refractivity (Wildman–Crippen MR) is 124 cm³/mol. The third kappa shape index (κ3) is 5.47. The summed E-state index contributed by atoms with van der Waals surface area (Å²) in [4.78, 5) is 29.5. The number of fused-ring (bicyclic) bond motifs is 1. The molecule has 0 bridgehead atoms. The zero-order valence-electron chi connectivity index (χ0n) is 18.8. The topological polar surface area (TPSA) is 71.1 Å². The Morgan fingerprint density at radius 3 is 2.53 bits per heavy atom. The summed E-state index contributed by atoms with van der Waals surface area (Å²) in [7, 11) is 0. The second-order valence-electron chi connectivity index (χ2n) is 8.52. The number of anilines is 2. The minimum Gasteiger partial charge on any atom is -0.490 e. The SMILES string of the molecule is CC1CN(Cc2ccccc2NC(=O)CCC(=O)N2CCOc3ccccc32)CC(C)O1. The minimum atomic E-state index is -0.156. The van der Waals surface area contributed by atoms with E-state index in [0.717, 1.165) is 36.6 Å². The molecule has 2 aliphatic rings. The molecule has 2 aliphatic heterocycles. The molecule has 4 rings (SSSR count). The number of nitrogens with zero attached hydrogens (tertiary/aromatic N) is 2. The molecule has 7 heteroatoms. The molecule has 1 saturated heterocycles. The van der Waals surface area contributed by atoms with Gasteiger partial charge in [0.1, 0.15) is 12.4 Å². The monoisotopic (exact) mass is 437 g/mol. The number of nitrogens with one attached hydrogen (secondary N) is 1. The van der Waals surface area contributed by atoms with Gasteiger partial charge in [0.2, 0.25) is 11.8 Å². The lowest BCUT2D eigenvalue weighted by molar-refractivity contribution is -0.122. The van der Waals surface area contributed by atoms with E-state index in [1.165, 1.54) is 0 Å². The lowest BCUT2D eigenvalue weighted by Crippen LogP contribution is -2.44. The van der Waals surface area contributed by atoms with Gasteiger partial charge in [0.25, 0.3) is 0 Å². The molecule has 7 nitrogen and oxygen atoms in total. The Morgan fingerprint density at radius 2 is 1.72 bits per heavy atom. The van der Waals surface area contributed by atoms with Gasteiger partial charge < -0.3 is 19.7 Å². The number of carbonyl (C=O) groups excluding carboxylic acids is 2. The maximum Gasteiger partial charge on any atom is 0.227 e. The first-order chi connectivity index (χ1) is 15.5. The van der Waals surface area contributed by atoms with E-state index in [9.17, 15) is 9.59 Å². The molecule has 2 atom stereocenters. The van der Waals surface area contributed by atoms with E-state index in [4.69, 9.17) is 9.47 Å². The van der Waals surface area contributed by atoms with Crippen LogP contribution in [0.4, 0.5) is 11.4 Å². The molecule has 2 unspecified atom stereocenters. The third-order valence-electron chi connectivity index (χ3n) is 5.78. The molecule has 32 heavy (non-hydrogen) atoms. The van der Waals surface area contributed by atoms with Crippen molar-refractivity contribution >= 4 is 23.2 Å². The number of morpholine rings is 1. The zero-order chi connectivity index (χ0) is 22.5. The van der Waals surface area contributed by atoms with Crippen LogP contribution in [0.3, 0.4) is 0 Å². The number of rotatable bonds is 6. The number of hydrogen-bond acceptors (Lipinski definition) is 5. The van der Waals surface area contributed by atoms with Crippen LogP contribution >= 0.6 is 0 Å². The molecule has 0 aromatic heterocycles. The van der Waals surface area contributed by atoms with Crippen molar-refractivity contribution in [2.24, 2.45) is 0 Å². The van der Waals surface area contributed by atoms with Gasteiger partial charge in [0, 0.05) is 38.2 Å². The van der Waals surface area contributed by atoms with Crippen molar-refractivity contribution in [2.75, 3.05) is 36.5 Å². The van der Waals surface area contributed by atoms with E-state index in [1.807, 2.05) is 48.5 Å². The van der Waals surface area contributed by atoms with Crippen LogP contribution in [0.25, 0.3) is 0 Å². The number of para-hydroxylation sites is 3. The fourth-order valence-corrected chi connectivity index (χ4v) is 4.43. The molecule has 170 valence electrons. The number of ether oxygens (including phenoxy) is 2. The molecule has 2 aromatic rings. The number of hydrogen-bond donors (Lipinski definition) is 1. The van der Waals surface area contributed by atoms with Crippen molar-refractivity contribution in [3.8, 4) is 5.75 Å². The van der Waals surface area contributed by atoms with Crippen molar-refractivity contribution in [2.45, 2.75) is 45.4 Å². The van der Waals surface area contributed by atoms with Crippen LogP contribution in [-0.4, -0.2) is 55.2 Å². The molecule has 1 N–H and O–H groups in total. The summed E-state index contributed by atoms with van der Waals surface area (Å²) in [5, 5.41) is 3.01. The first kappa shape index (κ1) is 22.3. The van der Waals surface area contributed by atoms with E-state index >= 15 is 0 Å². The van der Waals surface area contributed by atoms with Crippen molar-refractivity contribution in [1.82, 2.24) is 4.90 Å². The van der Waals surface area contributed by atoms with E-state index in [-0.39, 0.29) is 36.9 Å². The number of carbonyl (C=O) groups is 2. The van der Waals surface area contributed by atoms with Crippen LogP contribution in [-0.2, 0) is 20.9 Å². The van der Waals surface area contributed by atoms with Crippen LogP contribution in [0, 0.1) is 0 Å². The third-order valence-corrected chi connectivity index (χ3v) is 5.78. The van der Waals surface area contributed by atoms with Crippen molar-refractivity contribution in [1.29, 1.82) is 0 Å². The first-order valence-corrected chi connectivity index (χ1v) is 11.3. The fourth-order valence-electron chi connectivity index (χ4n) is 4.43. The summed E-state index contributed by atoms with van der Waals surface area (Å²) in [5.41, 5.74) is 2.63. The van der Waals surface area contributed by atoms with E-state index in [0.29, 0.717) is 18.9 Å². The maximum atomic E-state index is 12.8. The summed E-state index contributed by atoms with van der Waals surface area (Å²) in [6.45, 7) is 7.60. The molecular formula is C25H31N3O4. The number of amides is 2. The highest BCUT2D eigenvalue weighted by molar-refractivity contribution is 5.99. The van der Waals surface area contributed by atoms with Crippen molar-refractivity contribution < 1.29 is 19.1 Å². The van der Waals surface area contributed by atoms with Crippen molar-refractivity contribution in [3.63, 3.8) is 0 Å². The van der Waals surface area contributed by atoms with Gasteiger partial charge in [-0.3, -0.25) is 14.5 Å². The van der Waals surface area contributed by atoms with Gasteiger partial charge in [-0.1, -0.05) is 30.3 Å². The molecule has 0 aliphatic carbocycles. The molecule has 0 spiro atoms. The molecule has 2 amide bonds. The van der Waals surface area contributed by atoms with Gasteiger partial charge >= 0.3 is 0 Å². The smallest absolute Gasteiger partial charge is 0.227 e. The lowest BCUT2D eigenvalue weighted by Gasteiger charge is -2.35. The first-order valence-electron chi connectivity index (χ1n) is 11.3. The molecule has 2 heterocycles. The Balaban J connectivity index is 1.33. The summed E-state index contributed by atoms with van der Waals surface area (Å²) >= 11 is 0.